The maximum Gasteiger partial charge on any atom is 0.194 e. The Kier molecular flexibility index (Phi) is 5.19. The van der Waals surface area contributed by atoms with Crippen molar-refractivity contribution in [2.45, 2.75) is 20.0 Å². The standard InChI is InChI=1S/C24H26N4S/c1-19-9-10-22-23(16-19)29-24(25-22)28-11-5-8-21(28)18-27-14-12-26(13-15-27)17-20-6-3-2-4-7-20/h2-11,16H,12-15,17-18H2,1H3. The first-order chi connectivity index (χ1) is 14.2. The second-order valence-electron chi connectivity index (χ2n) is 7.88. The molecular weight excluding hydrogens is 376 g/mol. The summed E-state index contributed by atoms with van der Waals surface area (Å²) in [7, 11) is 0. The van der Waals surface area contributed by atoms with Gasteiger partial charge in [0, 0.05) is 51.2 Å². The summed E-state index contributed by atoms with van der Waals surface area (Å²) in [6.45, 7) is 8.62. The van der Waals surface area contributed by atoms with Crippen LogP contribution in [0.4, 0.5) is 0 Å². The normalized spacial score (nSPS) is 15.9. The average Bonchev–Trinajstić information content (AvgIpc) is 3.36. The van der Waals surface area contributed by atoms with Crippen LogP contribution >= 0.6 is 11.3 Å². The highest BCUT2D eigenvalue weighted by atomic mass is 32.1. The van der Waals surface area contributed by atoms with E-state index >= 15 is 0 Å². The minimum absolute atomic E-state index is 0.973. The van der Waals surface area contributed by atoms with Crippen molar-refractivity contribution in [2.75, 3.05) is 26.2 Å². The number of aromatic nitrogens is 2. The highest BCUT2D eigenvalue weighted by Gasteiger charge is 2.19. The number of rotatable bonds is 5. The van der Waals surface area contributed by atoms with Gasteiger partial charge < -0.3 is 0 Å². The number of hydrogen-bond donors (Lipinski definition) is 0. The van der Waals surface area contributed by atoms with Gasteiger partial charge in [0.2, 0.25) is 0 Å². The molecule has 1 saturated heterocycles. The topological polar surface area (TPSA) is 24.3 Å². The number of hydrogen-bond acceptors (Lipinski definition) is 4. The summed E-state index contributed by atoms with van der Waals surface area (Å²) in [6, 6.07) is 21.6. The monoisotopic (exact) mass is 402 g/mol. The number of thiazole rings is 1. The molecule has 0 radical (unpaired) electrons. The van der Waals surface area contributed by atoms with E-state index < -0.39 is 0 Å². The van der Waals surface area contributed by atoms with Gasteiger partial charge >= 0.3 is 0 Å². The van der Waals surface area contributed by atoms with Gasteiger partial charge in [-0.3, -0.25) is 14.4 Å². The molecule has 0 spiro atoms. The number of piperazine rings is 1. The Bertz CT molecular complexity index is 1090. The molecule has 0 atom stereocenters. The highest BCUT2D eigenvalue weighted by Crippen LogP contribution is 2.27. The van der Waals surface area contributed by atoms with Crippen LogP contribution in [0, 0.1) is 6.92 Å². The molecular formula is C24H26N4S. The van der Waals surface area contributed by atoms with Crippen molar-refractivity contribution in [3.63, 3.8) is 0 Å². The van der Waals surface area contributed by atoms with Crippen LogP contribution in [0.15, 0.2) is 66.9 Å². The molecule has 148 valence electrons. The fraction of sp³-hybridized carbons (Fsp3) is 0.292. The van der Waals surface area contributed by atoms with Crippen molar-refractivity contribution >= 4 is 21.6 Å². The molecule has 0 amide bonds. The summed E-state index contributed by atoms with van der Waals surface area (Å²) < 4.78 is 3.52. The molecule has 0 bridgehead atoms. The van der Waals surface area contributed by atoms with Gasteiger partial charge in [0.15, 0.2) is 5.13 Å². The van der Waals surface area contributed by atoms with Crippen molar-refractivity contribution in [3.8, 4) is 5.13 Å². The Hall–Kier alpha value is -2.47. The van der Waals surface area contributed by atoms with E-state index in [1.807, 2.05) is 0 Å². The van der Waals surface area contributed by atoms with E-state index in [2.05, 4.69) is 88.2 Å². The second kappa shape index (κ2) is 8.11. The largest absolute Gasteiger partial charge is 0.297 e. The van der Waals surface area contributed by atoms with Gasteiger partial charge in [-0.15, -0.1) is 0 Å². The van der Waals surface area contributed by atoms with Gasteiger partial charge in [-0.05, 0) is 42.3 Å². The quantitative estimate of drug-likeness (QED) is 0.483. The van der Waals surface area contributed by atoms with Gasteiger partial charge in [0.25, 0.3) is 0 Å². The summed E-state index contributed by atoms with van der Waals surface area (Å²) in [5.41, 5.74) is 5.09. The third kappa shape index (κ3) is 4.13. The number of nitrogens with zero attached hydrogens (tertiary/aromatic N) is 4. The molecule has 0 unspecified atom stereocenters. The zero-order valence-electron chi connectivity index (χ0n) is 16.8. The van der Waals surface area contributed by atoms with E-state index in [1.165, 1.54) is 21.5 Å². The first-order valence-electron chi connectivity index (χ1n) is 10.3. The van der Waals surface area contributed by atoms with Crippen LogP contribution in [0.2, 0.25) is 0 Å². The predicted octanol–water partition coefficient (Wildman–Crippen LogP) is 4.71. The summed E-state index contributed by atoms with van der Waals surface area (Å²) in [5, 5.41) is 1.06. The van der Waals surface area contributed by atoms with Gasteiger partial charge in [0.1, 0.15) is 0 Å². The molecule has 5 rings (SSSR count). The van der Waals surface area contributed by atoms with E-state index in [0.29, 0.717) is 0 Å². The third-order valence-electron chi connectivity index (χ3n) is 5.67. The maximum atomic E-state index is 4.86. The van der Waals surface area contributed by atoms with E-state index in [9.17, 15) is 0 Å². The zero-order valence-corrected chi connectivity index (χ0v) is 17.6. The van der Waals surface area contributed by atoms with Gasteiger partial charge in [-0.1, -0.05) is 47.7 Å². The summed E-state index contributed by atoms with van der Waals surface area (Å²) in [5.74, 6) is 0. The summed E-state index contributed by atoms with van der Waals surface area (Å²) >= 11 is 1.77. The first-order valence-corrected chi connectivity index (χ1v) is 11.1. The maximum absolute atomic E-state index is 4.86. The van der Waals surface area contributed by atoms with Crippen molar-refractivity contribution in [2.24, 2.45) is 0 Å². The predicted molar refractivity (Wildman–Crippen MR) is 121 cm³/mol. The molecule has 0 aliphatic carbocycles. The number of benzene rings is 2. The highest BCUT2D eigenvalue weighted by molar-refractivity contribution is 7.20. The van der Waals surface area contributed by atoms with Crippen molar-refractivity contribution < 1.29 is 0 Å². The lowest BCUT2D eigenvalue weighted by molar-refractivity contribution is 0.120. The van der Waals surface area contributed by atoms with Crippen LogP contribution in [0.1, 0.15) is 16.8 Å². The van der Waals surface area contributed by atoms with Gasteiger partial charge in [0.05, 0.1) is 10.2 Å². The average molecular weight is 403 g/mol. The minimum Gasteiger partial charge on any atom is -0.297 e. The first kappa shape index (κ1) is 18.6. The number of fused-ring (bicyclic) bond motifs is 1. The lowest BCUT2D eigenvalue weighted by atomic mass is 10.2. The minimum atomic E-state index is 0.973. The van der Waals surface area contributed by atoms with E-state index in [0.717, 1.165) is 49.9 Å². The molecule has 2 aromatic carbocycles. The molecule has 2 aromatic heterocycles. The fourth-order valence-electron chi connectivity index (χ4n) is 4.03. The molecule has 1 aliphatic rings. The fourth-order valence-corrected chi connectivity index (χ4v) is 5.11. The zero-order chi connectivity index (χ0) is 19.6. The Labute approximate surface area is 176 Å². The second-order valence-corrected chi connectivity index (χ2v) is 8.88. The van der Waals surface area contributed by atoms with Crippen LogP contribution in [0.25, 0.3) is 15.3 Å². The molecule has 3 heterocycles. The van der Waals surface area contributed by atoms with Crippen LogP contribution in [-0.2, 0) is 13.1 Å². The molecule has 1 aliphatic heterocycles. The lowest BCUT2D eigenvalue weighted by Crippen LogP contribution is -2.45. The smallest absolute Gasteiger partial charge is 0.194 e. The van der Waals surface area contributed by atoms with Crippen LogP contribution in [0.5, 0.6) is 0 Å². The van der Waals surface area contributed by atoms with E-state index in [-0.39, 0.29) is 0 Å². The van der Waals surface area contributed by atoms with Gasteiger partial charge in [-0.2, -0.15) is 0 Å². The molecule has 5 heteroatoms. The van der Waals surface area contributed by atoms with Crippen molar-refractivity contribution in [1.82, 2.24) is 19.4 Å². The lowest BCUT2D eigenvalue weighted by Gasteiger charge is -2.34. The van der Waals surface area contributed by atoms with Crippen molar-refractivity contribution in [1.29, 1.82) is 0 Å². The molecule has 4 aromatic rings. The van der Waals surface area contributed by atoms with E-state index in [4.69, 9.17) is 4.98 Å². The SMILES string of the molecule is Cc1ccc2nc(-n3cccc3CN3CCN(Cc4ccccc4)CC3)sc2c1. The Morgan fingerprint density at radius 2 is 1.62 bits per heavy atom. The summed E-state index contributed by atoms with van der Waals surface area (Å²) in [4.78, 5) is 9.98. The molecule has 0 saturated carbocycles. The summed E-state index contributed by atoms with van der Waals surface area (Å²) in [6.07, 6.45) is 2.14. The molecule has 0 N–H and O–H groups in total. The van der Waals surface area contributed by atoms with Crippen LogP contribution in [0.3, 0.4) is 0 Å². The third-order valence-corrected chi connectivity index (χ3v) is 6.69. The van der Waals surface area contributed by atoms with Crippen LogP contribution < -0.4 is 0 Å². The Morgan fingerprint density at radius 3 is 2.41 bits per heavy atom. The van der Waals surface area contributed by atoms with Gasteiger partial charge in [-0.25, -0.2) is 4.98 Å². The molecule has 4 nitrogen and oxygen atoms in total. The van der Waals surface area contributed by atoms with Crippen molar-refractivity contribution in [3.05, 3.63) is 83.7 Å². The molecule has 1 fully saturated rings. The Morgan fingerprint density at radius 1 is 0.862 bits per heavy atom. The van der Waals surface area contributed by atoms with Crippen LogP contribution in [-0.4, -0.2) is 45.5 Å². The van der Waals surface area contributed by atoms with E-state index in [1.54, 1.807) is 11.3 Å². The Balaban J connectivity index is 1.25. The number of aryl methyl sites for hydroxylation is 1. The molecule has 29 heavy (non-hydrogen) atoms.